The molecule has 1 atom stereocenters. The number of rotatable bonds is 5. The molecule has 24 heavy (non-hydrogen) atoms. The molecule has 0 saturated carbocycles. The summed E-state index contributed by atoms with van der Waals surface area (Å²) < 4.78 is 0. The summed E-state index contributed by atoms with van der Waals surface area (Å²) in [4.78, 5) is 16.0. The summed E-state index contributed by atoms with van der Waals surface area (Å²) in [6.45, 7) is 7.96. The highest BCUT2D eigenvalue weighted by molar-refractivity contribution is 7.10. The molecule has 1 aromatic heterocycles. The number of thiophene rings is 1. The number of anilines is 1. The van der Waals surface area contributed by atoms with Crippen LogP contribution in [0.2, 0.25) is 0 Å². The number of amides is 1. The van der Waals surface area contributed by atoms with Gasteiger partial charge < -0.3 is 10.2 Å². The highest BCUT2D eigenvalue weighted by Crippen LogP contribution is 2.36. The van der Waals surface area contributed by atoms with Crippen molar-refractivity contribution in [1.82, 2.24) is 5.32 Å². The van der Waals surface area contributed by atoms with Crippen molar-refractivity contribution in [2.24, 2.45) is 5.41 Å². The van der Waals surface area contributed by atoms with Crippen LogP contribution in [0.4, 0.5) is 5.69 Å². The van der Waals surface area contributed by atoms with E-state index in [1.54, 1.807) is 11.3 Å². The molecule has 0 aliphatic carbocycles. The Morgan fingerprint density at radius 3 is 2.75 bits per heavy atom. The Hall–Kier alpha value is -1.81. The Morgan fingerprint density at radius 2 is 2.04 bits per heavy atom. The molecule has 1 aromatic carbocycles. The van der Waals surface area contributed by atoms with Crippen LogP contribution in [0.15, 0.2) is 41.8 Å². The summed E-state index contributed by atoms with van der Waals surface area (Å²) in [6.07, 6.45) is 1.63. The lowest BCUT2D eigenvalue weighted by Gasteiger charge is -2.30. The molecule has 0 radical (unpaired) electrons. The van der Waals surface area contributed by atoms with Gasteiger partial charge in [0, 0.05) is 30.1 Å². The van der Waals surface area contributed by atoms with Gasteiger partial charge in [-0.25, -0.2) is 0 Å². The van der Waals surface area contributed by atoms with E-state index in [2.05, 4.69) is 72.8 Å². The van der Waals surface area contributed by atoms with E-state index < -0.39 is 0 Å². The first-order valence-corrected chi connectivity index (χ1v) is 9.47. The minimum absolute atomic E-state index is 0.0166. The number of fused-ring (bicyclic) bond motifs is 1. The number of nitrogens with zero attached hydrogens (tertiary/aromatic N) is 1. The number of nitrogens with one attached hydrogen (secondary N) is 1. The van der Waals surface area contributed by atoms with Crippen molar-refractivity contribution in [2.45, 2.75) is 39.7 Å². The van der Waals surface area contributed by atoms with Crippen LogP contribution >= 0.6 is 11.3 Å². The topological polar surface area (TPSA) is 32.3 Å². The van der Waals surface area contributed by atoms with E-state index >= 15 is 0 Å². The van der Waals surface area contributed by atoms with Crippen LogP contribution in [-0.4, -0.2) is 19.0 Å². The van der Waals surface area contributed by atoms with Gasteiger partial charge in [0.15, 0.2) is 0 Å². The monoisotopic (exact) mass is 342 g/mol. The number of carbonyl (C=O) groups is 1. The molecule has 0 spiro atoms. The zero-order valence-electron chi connectivity index (χ0n) is 14.7. The van der Waals surface area contributed by atoms with Crippen LogP contribution in [-0.2, 0) is 11.2 Å². The molecule has 2 aromatic rings. The number of carbonyl (C=O) groups excluding carboxylic acids is 1. The van der Waals surface area contributed by atoms with Gasteiger partial charge in [0.2, 0.25) is 5.91 Å². The van der Waals surface area contributed by atoms with Crippen LogP contribution in [0.25, 0.3) is 0 Å². The largest absolute Gasteiger partial charge is 0.361 e. The Balaban J connectivity index is 1.75. The molecule has 0 fully saturated rings. The molecule has 0 saturated heterocycles. The van der Waals surface area contributed by atoms with Gasteiger partial charge >= 0.3 is 0 Å². The van der Waals surface area contributed by atoms with E-state index in [9.17, 15) is 4.79 Å². The summed E-state index contributed by atoms with van der Waals surface area (Å²) in [7, 11) is 0. The molecule has 0 bridgehead atoms. The first kappa shape index (κ1) is 17.0. The van der Waals surface area contributed by atoms with Gasteiger partial charge in [0.05, 0.1) is 6.04 Å². The normalized spacial score (nSPS) is 15.2. The van der Waals surface area contributed by atoms with E-state index in [0.29, 0.717) is 13.0 Å². The maximum atomic E-state index is 12.3. The van der Waals surface area contributed by atoms with E-state index in [1.807, 2.05) is 0 Å². The van der Waals surface area contributed by atoms with E-state index in [4.69, 9.17) is 0 Å². The van der Waals surface area contributed by atoms with Crippen LogP contribution in [0.5, 0.6) is 0 Å². The molecular formula is C20H26N2OS. The molecular weight excluding hydrogens is 316 g/mol. The molecule has 2 heterocycles. The van der Waals surface area contributed by atoms with Crippen LogP contribution in [0.3, 0.4) is 0 Å². The molecule has 1 amide bonds. The van der Waals surface area contributed by atoms with Crippen LogP contribution < -0.4 is 10.2 Å². The summed E-state index contributed by atoms with van der Waals surface area (Å²) in [5.74, 6) is 0.136. The first-order valence-electron chi connectivity index (χ1n) is 8.59. The predicted molar refractivity (Wildman–Crippen MR) is 102 cm³/mol. The highest BCUT2D eigenvalue weighted by Gasteiger charge is 2.28. The number of benzene rings is 1. The second-order valence-electron chi connectivity index (χ2n) is 7.64. The molecule has 1 aliphatic rings. The molecule has 4 heteroatoms. The lowest BCUT2D eigenvalue weighted by Crippen LogP contribution is -2.38. The fourth-order valence-corrected chi connectivity index (χ4v) is 4.13. The van der Waals surface area contributed by atoms with E-state index in [-0.39, 0.29) is 17.4 Å². The fourth-order valence-electron chi connectivity index (χ4n) is 3.29. The SMILES string of the molecule is CC(C)(C)CC(=O)NC[C@@H](c1cccs1)N1CCc2ccccc21. The van der Waals surface area contributed by atoms with Crippen molar-refractivity contribution in [3.8, 4) is 0 Å². The number of hydrogen-bond donors (Lipinski definition) is 1. The van der Waals surface area contributed by atoms with E-state index in [1.165, 1.54) is 16.1 Å². The van der Waals surface area contributed by atoms with Crippen molar-refractivity contribution in [3.05, 3.63) is 52.2 Å². The van der Waals surface area contributed by atoms with Gasteiger partial charge in [0.25, 0.3) is 0 Å². The maximum Gasteiger partial charge on any atom is 0.220 e. The van der Waals surface area contributed by atoms with Crippen molar-refractivity contribution in [1.29, 1.82) is 0 Å². The third kappa shape index (κ3) is 3.99. The third-order valence-electron chi connectivity index (χ3n) is 4.35. The average molecular weight is 343 g/mol. The lowest BCUT2D eigenvalue weighted by atomic mass is 9.92. The van der Waals surface area contributed by atoms with Crippen molar-refractivity contribution < 1.29 is 4.79 Å². The van der Waals surface area contributed by atoms with Gasteiger partial charge in [0.1, 0.15) is 0 Å². The van der Waals surface area contributed by atoms with Crippen molar-refractivity contribution in [2.75, 3.05) is 18.0 Å². The third-order valence-corrected chi connectivity index (χ3v) is 5.33. The Bertz CT molecular complexity index is 688. The van der Waals surface area contributed by atoms with Crippen molar-refractivity contribution >= 4 is 22.9 Å². The quantitative estimate of drug-likeness (QED) is 0.873. The van der Waals surface area contributed by atoms with Gasteiger partial charge in [-0.2, -0.15) is 0 Å². The summed E-state index contributed by atoms with van der Waals surface area (Å²) in [5, 5.41) is 5.27. The highest BCUT2D eigenvalue weighted by atomic mass is 32.1. The molecule has 1 N–H and O–H groups in total. The van der Waals surface area contributed by atoms with E-state index in [0.717, 1.165) is 13.0 Å². The Morgan fingerprint density at radius 1 is 1.25 bits per heavy atom. The molecule has 0 unspecified atom stereocenters. The van der Waals surface area contributed by atoms with Gasteiger partial charge in [-0.05, 0) is 34.9 Å². The Labute approximate surface area is 148 Å². The molecule has 128 valence electrons. The lowest BCUT2D eigenvalue weighted by molar-refractivity contribution is -0.122. The second-order valence-corrected chi connectivity index (χ2v) is 8.62. The van der Waals surface area contributed by atoms with Gasteiger partial charge in [-0.15, -0.1) is 11.3 Å². The van der Waals surface area contributed by atoms with Crippen LogP contribution in [0, 0.1) is 5.41 Å². The zero-order chi connectivity index (χ0) is 17.2. The summed E-state index contributed by atoms with van der Waals surface area (Å²) in [5.41, 5.74) is 2.73. The van der Waals surface area contributed by atoms with Crippen molar-refractivity contribution in [3.63, 3.8) is 0 Å². The Kier molecular flexibility index (Phi) is 4.95. The summed E-state index contributed by atoms with van der Waals surface area (Å²) in [6, 6.07) is 13.1. The number of hydrogen-bond acceptors (Lipinski definition) is 3. The van der Waals surface area contributed by atoms with Gasteiger partial charge in [-0.1, -0.05) is 45.0 Å². The second kappa shape index (κ2) is 6.98. The smallest absolute Gasteiger partial charge is 0.220 e. The standard InChI is InChI=1S/C20H26N2OS/c1-20(2,3)13-19(23)21-14-17(18-9-6-12-24-18)22-11-10-15-7-4-5-8-16(15)22/h4-9,12,17H,10-11,13-14H2,1-3H3,(H,21,23)/t17-/m0/s1. The minimum Gasteiger partial charge on any atom is -0.361 e. The predicted octanol–water partition coefficient (Wildman–Crippen LogP) is 4.40. The molecule has 1 aliphatic heterocycles. The summed E-state index contributed by atoms with van der Waals surface area (Å²) >= 11 is 1.76. The van der Waals surface area contributed by atoms with Crippen LogP contribution in [0.1, 0.15) is 43.7 Å². The first-order chi connectivity index (χ1) is 11.4. The van der Waals surface area contributed by atoms with Gasteiger partial charge in [-0.3, -0.25) is 4.79 Å². The zero-order valence-corrected chi connectivity index (χ0v) is 15.5. The maximum absolute atomic E-state index is 12.3. The molecule has 3 nitrogen and oxygen atoms in total. The fraction of sp³-hybridized carbons (Fsp3) is 0.450. The average Bonchev–Trinajstić information content (AvgIpc) is 3.16. The minimum atomic E-state index is 0.0166. The molecule has 3 rings (SSSR count). The number of para-hydroxylation sites is 1.